The molecule has 0 aliphatic rings. The van der Waals surface area contributed by atoms with Gasteiger partial charge in [-0.3, -0.25) is 9.78 Å². The van der Waals surface area contributed by atoms with Crippen molar-refractivity contribution in [2.24, 2.45) is 0 Å². The van der Waals surface area contributed by atoms with Crippen molar-refractivity contribution in [2.75, 3.05) is 37.9 Å². The Hall–Kier alpha value is -3.87. The number of amides is 1. The maximum absolute atomic E-state index is 12.5. The van der Waals surface area contributed by atoms with Crippen LogP contribution in [0.5, 0.6) is 5.75 Å². The number of nitrogens with two attached hydrogens (primary N) is 1. The SMILES string of the molecule is CCC#Cc1c(N)ncnc1N(C)C(C)c1cc(Cl)c(C)c(-c2ccnc(C(=O)NCCO)c2)c1OC. The van der Waals surface area contributed by atoms with E-state index in [1.807, 2.05) is 38.8 Å². The molecule has 194 valence electrons. The van der Waals surface area contributed by atoms with Crippen molar-refractivity contribution in [3.05, 3.63) is 58.1 Å². The summed E-state index contributed by atoms with van der Waals surface area (Å²) < 4.78 is 5.93. The van der Waals surface area contributed by atoms with Crippen LogP contribution < -0.4 is 20.7 Å². The Morgan fingerprint density at radius 1 is 1.32 bits per heavy atom. The summed E-state index contributed by atoms with van der Waals surface area (Å²) in [5.74, 6) is 7.24. The van der Waals surface area contributed by atoms with Gasteiger partial charge in [-0.1, -0.05) is 30.4 Å². The summed E-state index contributed by atoms with van der Waals surface area (Å²) in [4.78, 5) is 27.2. The van der Waals surface area contributed by atoms with Crippen LogP contribution in [0, 0.1) is 18.8 Å². The molecule has 10 heteroatoms. The Labute approximate surface area is 222 Å². The van der Waals surface area contributed by atoms with E-state index in [0.29, 0.717) is 34.4 Å². The number of methoxy groups -OCH3 is 1. The fourth-order valence-electron chi connectivity index (χ4n) is 3.94. The van der Waals surface area contributed by atoms with Gasteiger partial charge in [-0.05, 0) is 43.2 Å². The number of ether oxygens (including phenoxy) is 1. The first-order valence-corrected chi connectivity index (χ1v) is 12.2. The van der Waals surface area contributed by atoms with Crippen molar-refractivity contribution in [3.63, 3.8) is 0 Å². The molecule has 0 fully saturated rings. The lowest BCUT2D eigenvalue weighted by atomic mass is 9.93. The Bertz CT molecular complexity index is 1350. The first-order valence-electron chi connectivity index (χ1n) is 11.8. The second-order valence-corrected chi connectivity index (χ2v) is 8.70. The smallest absolute Gasteiger partial charge is 0.269 e. The molecular formula is C27H31ClN6O3. The number of anilines is 2. The van der Waals surface area contributed by atoms with Gasteiger partial charge >= 0.3 is 0 Å². The number of rotatable bonds is 8. The summed E-state index contributed by atoms with van der Waals surface area (Å²) in [6.07, 6.45) is 3.64. The summed E-state index contributed by atoms with van der Waals surface area (Å²) in [5, 5.41) is 12.2. The van der Waals surface area contributed by atoms with E-state index in [9.17, 15) is 4.79 Å². The lowest BCUT2D eigenvalue weighted by Crippen LogP contribution is -2.27. The van der Waals surface area contributed by atoms with Gasteiger partial charge in [-0.25, -0.2) is 9.97 Å². The second-order valence-electron chi connectivity index (χ2n) is 8.29. The molecule has 37 heavy (non-hydrogen) atoms. The molecule has 1 amide bonds. The molecule has 2 aromatic heterocycles. The number of carbonyl (C=O) groups is 1. The van der Waals surface area contributed by atoms with Gasteiger partial charge in [0.25, 0.3) is 5.91 Å². The molecule has 0 aliphatic heterocycles. The minimum atomic E-state index is -0.384. The number of pyridine rings is 1. The minimum Gasteiger partial charge on any atom is -0.496 e. The highest BCUT2D eigenvalue weighted by Gasteiger charge is 2.26. The number of aliphatic hydroxyl groups is 1. The molecule has 1 unspecified atom stereocenters. The van der Waals surface area contributed by atoms with Crippen molar-refractivity contribution in [2.45, 2.75) is 33.2 Å². The lowest BCUT2D eigenvalue weighted by Gasteiger charge is -2.30. The number of hydrogen-bond acceptors (Lipinski definition) is 8. The van der Waals surface area contributed by atoms with Crippen LogP contribution in [0.1, 0.15) is 53.5 Å². The minimum absolute atomic E-state index is 0.135. The van der Waals surface area contributed by atoms with E-state index in [0.717, 1.165) is 22.3 Å². The zero-order valence-electron chi connectivity index (χ0n) is 21.6. The molecule has 0 spiro atoms. The number of nitrogens with one attached hydrogen (secondary N) is 1. The van der Waals surface area contributed by atoms with Crippen LogP contribution in [0.3, 0.4) is 0 Å². The third-order valence-corrected chi connectivity index (χ3v) is 6.39. The van der Waals surface area contributed by atoms with Crippen LogP contribution in [-0.4, -0.2) is 53.3 Å². The highest BCUT2D eigenvalue weighted by Crippen LogP contribution is 2.44. The van der Waals surface area contributed by atoms with Crippen LogP contribution in [-0.2, 0) is 0 Å². The first kappa shape index (κ1) is 27.7. The summed E-state index contributed by atoms with van der Waals surface area (Å²) >= 11 is 6.72. The van der Waals surface area contributed by atoms with E-state index in [4.69, 9.17) is 27.2 Å². The standard InChI is InChI=1S/C27H31ClN6O3/c1-6-7-8-19-25(29)32-15-33-26(19)34(4)17(3)20-14-21(28)16(2)23(24(20)37-5)18-9-10-30-22(13-18)27(36)31-11-12-35/h9-10,13-15,17,35H,6,11-12H2,1-5H3,(H,31,36)(H2,29,32,33). The molecule has 1 atom stereocenters. The summed E-state index contributed by atoms with van der Waals surface area (Å²) in [5.41, 5.74) is 9.98. The topological polar surface area (TPSA) is 126 Å². The first-order chi connectivity index (χ1) is 17.7. The molecule has 0 aliphatic carbocycles. The van der Waals surface area contributed by atoms with Gasteiger partial charge < -0.3 is 25.8 Å². The lowest BCUT2D eigenvalue weighted by molar-refractivity contribution is 0.0940. The molecule has 0 bridgehead atoms. The van der Waals surface area contributed by atoms with Gasteiger partial charge in [0, 0.05) is 42.4 Å². The van der Waals surface area contributed by atoms with Gasteiger partial charge in [0.2, 0.25) is 0 Å². The van der Waals surface area contributed by atoms with Crippen LogP contribution in [0.2, 0.25) is 5.02 Å². The molecule has 0 radical (unpaired) electrons. The van der Waals surface area contributed by atoms with Crippen LogP contribution in [0.15, 0.2) is 30.7 Å². The maximum atomic E-state index is 12.5. The third-order valence-electron chi connectivity index (χ3n) is 6.00. The van der Waals surface area contributed by atoms with Gasteiger partial charge in [-0.2, -0.15) is 0 Å². The zero-order valence-corrected chi connectivity index (χ0v) is 22.3. The number of aliphatic hydroxyl groups excluding tert-OH is 1. The highest BCUT2D eigenvalue weighted by molar-refractivity contribution is 6.32. The van der Waals surface area contributed by atoms with Crippen molar-refractivity contribution in [1.29, 1.82) is 0 Å². The van der Waals surface area contributed by atoms with Crippen LogP contribution in [0.4, 0.5) is 11.6 Å². The zero-order chi connectivity index (χ0) is 27.1. The molecular weight excluding hydrogens is 492 g/mol. The average Bonchev–Trinajstić information content (AvgIpc) is 2.91. The largest absolute Gasteiger partial charge is 0.496 e. The Morgan fingerprint density at radius 2 is 2.08 bits per heavy atom. The number of carbonyl (C=O) groups excluding carboxylic acids is 1. The number of nitrogens with zero attached hydrogens (tertiary/aromatic N) is 4. The predicted octanol–water partition coefficient (Wildman–Crippen LogP) is 3.77. The molecule has 3 aromatic rings. The number of halogens is 1. The molecule has 0 saturated carbocycles. The average molecular weight is 523 g/mol. The second kappa shape index (κ2) is 12.4. The van der Waals surface area contributed by atoms with Crippen molar-refractivity contribution in [3.8, 4) is 28.7 Å². The number of hydrogen-bond donors (Lipinski definition) is 3. The summed E-state index contributed by atoms with van der Waals surface area (Å²) in [6, 6.07) is 5.09. The normalized spacial score (nSPS) is 11.3. The van der Waals surface area contributed by atoms with Crippen molar-refractivity contribution in [1.82, 2.24) is 20.3 Å². The Morgan fingerprint density at radius 3 is 2.76 bits per heavy atom. The van der Waals surface area contributed by atoms with E-state index in [1.165, 1.54) is 6.33 Å². The van der Waals surface area contributed by atoms with Gasteiger partial charge in [0.05, 0.1) is 19.8 Å². The van der Waals surface area contributed by atoms with E-state index in [-0.39, 0.29) is 30.8 Å². The third kappa shape index (κ3) is 5.93. The van der Waals surface area contributed by atoms with E-state index in [2.05, 4.69) is 32.1 Å². The monoisotopic (exact) mass is 522 g/mol. The molecule has 2 heterocycles. The van der Waals surface area contributed by atoms with Crippen molar-refractivity contribution >= 4 is 29.1 Å². The Kier molecular flexibility index (Phi) is 9.28. The molecule has 1 aromatic carbocycles. The van der Waals surface area contributed by atoms with Gasteiger partial charge in [-0.15, -0.1) is 0 Å². The molecule has 9 nitrogen and oxygen atoms in total. The molecule has 4 N–H and O–H groups in total. The van der Waals surface area contributed by atoms with Gasteiger partial charge in [0.1, 0.15) is 35.0 Å². The van der Waals surface area contributed by atoms with Crippen LogP contribution >= 0.6 is 11.6 Å². The molecule has 3 rings (SSSR count). The highest BCUT2D eigenvalue weighted by atomic mass is 35.5. The Balaban J connectivity index is 2.14. The summed E-state index contributed by atoms with van der Waals surface area (Å²) in [7, 11) is 3.49. The molecule has 0 saturated heterocycles. The van der Waals surface area contributed by atoms with Crippen LogP contribution in [0.25, 0.3) is 11.1 Å². The van der Waals surface area contributed by atoms with Crippen molar-refractivity contribution < 1.29 is 14.6 Å². The van der Waals surface area contributed by atoms with E-state index >= 15 is 0 Å². The number of aromatic nitrogens is 3. The maximum Gasteiger partial charge on any atom is 0.269 e. The number of benzene rings is 1. The van der Waals surface area contributed by atoms with Gasteiger partial charge in [0.15, 0.2) is 0 Å². The summed E-state index contributed by atoms with van der Waals surface area (Å²) in [6.45, 7) is 5.83. The predicted molar refractivity (Wildman–Crippen MR) is 146 cm³/mol. The van der Waals surface area contributed by atoms with E-state index in [1.54, 1.807) is 25.4 Å². The fraction of sp³-hybridized carbons (Fsp3) is 0.333. The quantitative estimate of drug-likeness (QED) is 0.381. The fourth-order valence-corrected chi connectivity index (χ4v) is 4.15. The number of nitrogen functional groups attached to an aromatic ring is 1. The van der Waals surface area contributed by atoms with E-state index < -0.39 is 0 Å².